The Bertz CT molecular complexity index is 1230. The lowest BCUT2D eigenvalue weighted by Crippen LogP contribution is -1.92. The Kier molecular flexibility index (Phi) is 4.81. The van der Waals surface area contributed by atoms with Crippen LogP contribution in [-0.2, 0) is 0 Å². The van der Waals surface area contributed by atoms with Gasteiger partial charge in [-0.25, -0.2) is 9.97 Å². The summed E-state index contributed by atoms with van der Waals surface area (Å²) in [4.78, 5) is 8.74. The third-order valence-electron chi connectivity index (χ3n) is 4.98. The first-order valence-electron chi connectivity index (χ1n) is 9.50. The zero-order chi connectivity index (χ0) is 19.5. The maximum Gasteiger partial charge on any atom is 0.191 e. The smallest absolute Gasteiger partial charge is 0.191 e. The molecule has 0 saturated carbocycles. The van der Waals surface area contributed by atoms with Crippen molar-refractivity contribution in [3.8, 4) is 0 Å². The Morgan fingerprint density at radius 1 is 0.586 bits per heavy atom. The van der Waals surface area contributed by atoms with Crippen LogP contribution < -0.4 is 0 Å². The van der Waals surface area contributed by atoms with Crippen molar-refractivity contribution in [1.82, 2.24) is 9.97 Å². The molecule has 0 fully saturated rings. The van der Waals surface area contributed by atoms with Gasteiger partial charge in [0.15, 0.2) is 5.16 Å². The number of rotatable bonds is 4. The molecule has 0 aliphatic rings. The molecule has 138 valence electrons. The third kappa shape index (κ3) is 3.53. The molecule has 1 aromatic heterocycles. The zero-order valence-corrected chi connectivity index (χ0v) is 16.5. The summed E-state index contributed by atoms with van der Waals surface area (Å²) in [5.41, 5.74) is 3.60. The summed E-state index contributed by atoms with van der Waals surface area (Å²) in [5, 5.41) is 7.87. The van der Waals surface area contributed by atoms with Crippen molar-refractivity contribution in [2.45, 2.75) is 5.16 Å². The Morgan fingerprint density at radius 3 is 1.69 bits per heavy atom. The van der Waals surface area contributed by atoms with E-state index < -0.39 is 0 Å². The normalized spacial score (nSPS) is 10.9. The maximum absolute atomic E-state index is 4.37. The van der Waals surface area contributed by atoms with Gasteiger partial charge in [-0.05, 0) is 49.7 Å². The van der Waals surface area contributed by atoms with Crippen LogP contribution in [0.4, 0.5) is 0 Å². The summed E-state index contributed by atoms with van der Waals surface area (Å²) in [6, 6.07) is 31.9. The highest BCUT2D eigenvalue weighted by Gasteiger charge is 2.12. The molecule has 0 unspecified atom stereocenters. The second kappa shape index (κ2) is 7.90. The first kappa shape index (κ1) is 17.7. The van der Waals surface area contributed by atoms with Crippen molar-refractivity contribution >= 4 is 38.9 Å². The Balaban J connectivity index is 1.75. The van der Waals surface area contributed by atoms with Crippen molar-refractivity contribution < 1.29 is 0 Å². The van der Waals surface area contributed by atoms with Gasteiger partial charge in [-0.15, -0.1) is 0 Å². The maximum atomic E-state index is 4.37. The van der Waals surface area contributed by atoms with Gasteiger partial charge < -0.3 is 0 Å². The minimum atomic E-state index is 0.741. The van der Waals surface area contributed by atoms with E-state index in [4.69, 9.17) is 0 Å². The van der Waals surface area contributed by atoms with Gasteiger partial charge in [0.2, 0.25) is 0 Å². The molecule has 29 heavy (non-hydrogen) atoms. The van der Waals surface area contributed by atoms with Crippen LogP contribution in [0.2, 0.25) is 0 Å². The first-order valence-corrected chi connectivity index (χ1v) is 10.4. The molecule has 3 heteroatoms. The van der Waals surface area contributed by atoms with Gasteiger partial charge in [-0.1, -0.05) is 96.7 Å². The average molecular weight is 391 g/mol. The van der Waals surface area contributed by atoms with Crippen LogP contribution in [0.1, 0.15) is 11.1 Å². The van der Waals surface area contributed by atoms with E-state index in [1.165, 1.54) is 38.2 Å². The molecule has 5 aromatic rings. The van der Waals surface area contributed by atoms with Crippen molar-refractivity contribution in [2.24, 2.45) is 0 Å². The van der Waals surface area contributed by atoms with Crippen molar-refractivity contribution in [2.75, 3.05) is 0 Å². The monoisotopic (exact) mass is 390 g/mol. The molecule has 4 aromatic carbocycles. The number of hydrogen-bond donors (Lipinski definition) is 0. The van der Waals surface area contributed by atoms with Gasteiger partial charge in [0.05, 0.1) is 0 Å². The number of nitrogens with zero attached hydrogens (tertiary/aromatic N) is 2. The summed E-state index contributed by atoms with van der Waals surface area (Å²) < 4.78 is 0. The predicted molar refractivity (Wildman–Crippen MR) is 123 cm³/mol. The largest absolute Gasteiger partial charge is 0.231 e. The van der Waals surface area contributed by atoms with Crippen molar-refractivity contribution in [1.29, 1.82) is 0 Å². The van der Waals surface area contributed by atoms with E-state index in [2.05, 4.69) is 100 Å². The third-order valence-corrected chi connectivity index (χ3v) is 5.76. The highest BCUT2D eigenvalue weighted by atomic mass is 32.2. The molecule has 1 heterocycles. The fraction of sp³-hybridized carbons (Fsp3) is 0. The minimum Gasteiger partial charge on any atom is -0.231 e. The van der Waals surface area contributed by atoms with E-state index in [0.717, 1.165) is 5.16 Å². The lowest BCUT2D eigenvalue weighted by Gasteiger charge is -2.14. The number of hydrogen-bond acceptors (Lipinski definition) is 3. The predicted octanol–water partition coefficient (Wildman–Crippen LogP) is 6.96. The van der Waals surface area contributed by atoms with Gasteiger partial charge in [0.25, 0.3) is 0 Å². The van der Waals surface area contributed by atoms with Crippen LogP contribution in [0.5, 0.6) is 0 Å². The lowest BCUT2D eigenvalue weighted by atomic mass is 9.91. The second-order valence-corrected chi connectivity index (χ2v) is 7.57. The van der Waals surface area contributed by atoms with Crippen LogP contribution in [0.25, 0.3) is 27.1 Å². The molecule has 0 bridgehead atoms. The molecular weight excluding hydrogens is 372 g/mol. The second-order valence-electron chi connectivity index (χ2n) is 6.73. The fourth-order valence-electron chi connectivity index (χ4n) is 3.65. The Labute approximate surface area is 174 Å². The number of thioether (sulfide) groups is 1. The molecule has 5 rings (SSSR count). The Hall–Kier alpha value is -3.43. The molecule has 0 radical (unpaired) electrons. The van der Waals surface area contributed by atoms with Gasteiger partial charge in [-0.2, -0.15) is 0 Å². The van der Waals surface area contributed by atoms with Crippen molar-refractivity contribution in [3.05, 3.63) is 120 Å². The number of fused-ring (bicyclic) bond motifs is 2. The topological polar surface area (TPSA) is 25.8 Å². The van der Waals surface area contributed by atoms with Gasteiger partial charge in [-0.3, -0.25) is 0 Å². The van der Waals surface area contributed by atoms with Crippen LogP contribution in [0, 0.1) is 0 Å². The SMILES string of the molecule is C(Sc1ncccn1)=C(c1cccc2ccccc12)c1cccc2ccccc12. The van der Waals surface area contributed by atoms with E-state index >= 15 is 0 Å². The zero-order valence-electron chi connectivity index (χ0n) is 15.7. The summed E-state index contributed by atoms with van der Waals surface area (Å²) in [6.07, 6.45) is 3.55. The summed E-state index contributed by atoms with van der Waals surface area (Å²) in [7, 11) is 0. The van der Waals surface area contributed by atoms with Gasteiger partial charge >= 0.3 is 0 Å². The number of aromatic nitrogens is 2. The first-order chi connectivity index (χ1) is 14.4. The summed E-state index contributed by atoms with van der Waals surface area (Å²) >= 11 is 1.55. The van der Waals surface area contributed by atoms with E-state index in [1.54, 1.807) is 24.2 Å². The molecule has 0 saturated heterocycles. The number of benzene rings is 4. The molecule has 0 aliphatic heterocycles. The molecule has 0 aliphatic carbocycles. The summed E-state index contributed by atoms with van der Waals surface area (Å²) in [5.74, 6) is 0. The minimum absolute atomic E-state index is 0.741. The molecule has 0 amide bonds. The highest BCUT2D eigenvalue weighted by molar-refractivity contribution is 8.02. The van der Waals surface area contributed by atoms with Crippen LogP contribution in [0.15, 0.2) is 114 Å². The standard InChI is InChI=1S/C26H18N2S/c1-3-12-21-19(8-1)10-5-14-23(21)25(18-29-26-27-16-7-17-28-26)24-15-6-11-20-9-2-4-13-22(20)24/h1-18H. The van der Waals surface area contributed by atoms with Gasteiger partial charge in [0.1, 0.15) is 0 Å². The fourth-order valence-corrected chi connectivity index (χ4v) is 4.37. The van der Waals surface area contributed by atoms with E-state index in [9.17, 15) is 0 Å². The molecule has 0 spiro atoms. The summed E-state index contributed by atoms with van der Waals surface area (Å²) in [6.45, 7) is 0. The average Bonchev–Trinajstić information content (AvgIpc) is 2.80. The van der Waals surface area contributed by atoms with Crippen LogP contribution >= 0.6 is 11.8 Å². The molecule has 0 atom stereocenters. The van der Waals surface area contributed by atoms with E-state index in [-0.39, 0.29) is 0 Å². The van der Waals surface area contributed by atoms with E-state index in [0.29, 0.717) is 0 Å². The van der Waals surface area contributed by atoms with Crippen LogP contribution in [0.3, 0.4) is 0 Å². The highest BCUT2D eigenvalue weighted by Crippen LogP contribution is 2.36. The van der Waals surface area contributed by atoms with Crippen molar-refractivity contribution in [3.63, 3.8) is 0 Å². The quantitative estimate of drug-likeness (QED) is 0.245. The molecule has 0 N–H and O–H groups in total. The lowest BCUT2D eigenvalue weighted by molar-refractivity contribution is 0.971. The Morgan fingerprint density at radius 2 is 1.10 bits per heavy atom. The molecular formula is C26H18N2S. The molecule has 2 nitrogen and oxygen atoms in total. The van der Waals surface area contributed by atoms with Gasteiger partial charge in [0, 0.05) is 12.4 Å². The van der Waals surface area contributed by atoms with E-state index in [1.807, 2.05) is 6.07 Å². The van der Waals surface area contributed by atoms with Crippen LogP contribution in [-0.4, -0.2) is 9.97 Å².